The number of ketones is 1. The molecule has 1 aromatic carbocycles. The average molecular weight is 327 g/mol. The molecule has 0 radical (unpaired) electrons. The van der Waals surface area contributed by atoms with Crippen molar-refractivity contribution in [1.82, 2.24) is 0 Å². The van der Waals surface area contributed by atoms with Gasteiger partial charge in [-0.1, -0.05) is 28.1 Å². The van der Waals surface area contributed by atoms with Gasteiger partial charge in [-0.05, 0) is 43.4 Å². The molecule has 104 valence electrons. The van der Waals surface area contributed by atoms with E-state index in [-0.39, 0.29) is 17.7 Å². The summed E-state index contributed by atoms with van der Waals surface area (Å²) in [6, 6.07) is 6.08. The summed E-state index contributed by atoms with van der Waals surface area (Å²) >= 11 is 3.46. The van der Waals surface area contributed by atoms with Gasteiger partial charge in [0.1, 0.15) is 5.78 Å². The molecular formula is C15H19BrO3. The summed E-state index contributed by atoms with van der Waals surface area (Å²) in [5.74, 6) is -0.0365. The highest BCUT2D eigenvalue weighted by Crippen LogP contribution is 2.27. The van der Waals surface area contributed by atoms with Gasteiger partial charge in [0.05, 0.1) is 6.61 Å². The topological polar surface area (TPSA) is 43.4 Å². The van der Waals surface area contributed by atoms with Crippen molar-refractivity contribution >= 4 is 27.7 Å². The highest BCUT2D eigenvalue weighted by molar-refractivity contribution is 9.10. The van der Waals surface area contributed by atoms with Gasteiger partial charge in [-0.2, -0.15) is 0 Å². The number of aryl methyl sites for hydroxylation is 1. The maximum atomic E-state index is 11.4. The van der Waals surface area contributed by atoms with Gasteiger partial charge in [-0.25, -0.2) is 0 Å². The van der Waals surface area contributed by atoms with Gasteiger partial charge in [0, 0.05) is 17.8 Å². The maximum Gasteiger partial charge on any atom is 0.302 e. The Morgan fingerprint density at radius 1 is 1.32 bits per heavy atom. The zero-order valence-corrected chi connectivity index (χ0v) is 13.1. The van der Waals surface area contributed by atoms with Crippen LogP contribution in [-0.2, 0) is 14.3 Å². The molecule has 0 heterocycles. The van der Waals surface area contributed by atoms with Crippen LogP contribution in [0.2, 0.25) is 0 Å². The van der Waals surface area contributed by atoms with E-state index >= 15 is 0 Å². The molecule has 0 amide bonds. The molecule has 0 aliphatic rings. The lowest BCUT2D eigenvalue weighted by Gasteiger charge is -2.17. The Labute approximate surface area is 122 Å². The number of ether oxygens (including phenoxy) is 1. The number of carbonyl (C=O) groups excluding carboxylic acids is 2. The van der Waals surface area contributed by atoms with E-state index in [0.717, 1.165) is 15.6 Å². The maximum absolute atomic E-state index is 11.4. The molecule has 1 atom stereocenters. The lowest BCUT2D eigenvalue weighted by Crippen LogP contribution is -2.10. The van der Waals surface area contributed by atoms with Gasteiger partial charge < -0.3 is 9.53 Å². The molecule has 0 fully saturated rings. The van der Waals surface area contributed by atoms with Crippen LogP contribution in [0.1, 0.15) is 43.7 Å². The monoisotopic (exact) mass is 326 g/mol. The van der Waals surface area contributed by atoms with Gasteiger partial charge >= 0.3 is 5.97 Å². The quantitative estimate of drug-likeness (QED) is 0.747. The summed E-state index contributed by atoms with van der Waals surface area (Å²) in [6.07, 6.45) is 1.14. The van der Waals surface area contributed by atoms with E-state index in [1.54, 1.807) is 6.92 Å². The molecule has 0 aliphatic carbocycles. The third-order valence-electron chi connectivity index (χ3n) is 2.96. The van der Waals surface area contributed by atoms with Gasteiger partial charge in [0.15, 0.2) is 0 Å². The number of Topliss-reactive ketones (excluding diaryl/α,β-unsaturated/α-hetero) is 1. The van der Waals surface area contributed by atoms with Crippen LogP contribution in [-0.4, -0.2) is 18.4 Å². The third kappa shape index (κ3) is 5.55. The van der Waals surface area contributed by atoms with E-state index in [4.69, 9.17) is 4.74 Å². The molecule has 0 spiro atoms. The van der Waals surface area contributed by atoms with E-state index < -0.39 is 0 Å². The van der Waals surface area contributed by atoms with E-state index in [2.05, 4.69) is 22.0 Å². The minimum Gasteiger partial charge on any atom is -0.466 e. The highest BCUT2D eigenvalue weighted by Gasteiger charge is 2.15. The summed E-state index contributed by atoms with van der Waals surface area (Å²) in [5, 5.41) is 0. The van der Waals surface area contributed by atoms with E-state index in [0.29, 0.717) is 19.4 Å². The average Bonchev–Trinajstić information content (AvgIpc) is 2.30. The Balaban J connectivity index is 2.79. The predicted molar refractivity (Wildman–Crippen MR) is 78.2 cm³/mol. The molecule has 1 rings (SSSR count). The third-order valence-corrected chi connectivity index (χ3v) is 3.85. The molecule has 0 saturated heterocycles. The van der Waals surface area contributed by atoms with E-state index in [1.165, 1.54) is 6.92 Å². The minimum absolute atomic E-state index is 0.101. The molecule has 0 bridgehead atoms. The molecule has 19 heavy (non-hydrogen) atoms. The molecule has 1 aromatic rings. The van der Waals surface area contributed by atoms with E-state index in [1.807, 2.05) is 19.1 Å². The van der Waals surface area contributed by atoms with Gasteiger partial charge in [0.2, 0.25) is 0 Å². The Morgan fingerprint density at radius 2 is 2.00 bits per heavy atom. The molecule has 0 aromatic heterocycles. The number of hydrogen-bond acceptors (Lipinski definition) is 3. The highest BCUT2D eigenvalue weighted by atomic mass is 79.9. The number of esters is 1. The van der Waals surface area contributed by atoms with Crippen LogP contribution in [0.15, 0.2) is 22.7 Å². The second kappa shape index (κ2) is 7.43. The van der Waals surface area contributed by atoms with Crippen LogP contribution in [0.3, 0.4) is 0 Å². The fourth-order valence-electron chi connectivity index (χ4n) is 2.00. The summed E-state index contributed by atoms with van der Waals surface area (Å²) < 4.78 is 6.02. The Hall–Kier alpha value is -1.16. The van der Waals surface area contributed by atoms with Crippen LogP contribution in [0.25, 0.3) is 0 Å². The van der Waals surface area contributed by atoms with Crippen molar-refractivity contribution in [2.45, 2.75) is 39.5 Å². The van der Waals surface area contributed by atoms with Crippen molar-refractivity contribution in [3.8, 4) is 0 Å². The lowest BCUT2D eigenvalue weighted by molar-refractivity contribution is -0.141. The summed E-state index contributed by atoms with van der Waals surface area (Å²) in [7, 11) is 0. The Kier molecular flexibility index (Phi) is 6.22. The van der Waals surface area contributed by atoms with Gasteiger partial charge in [-0.15, -0.1) is 0 Å². The smallest absolute Gasteiger partial charge is 0.302 e. The lowest BCUT2D eigenvalue weighted by atomic mass is 9.90. The first-order chi connectivity index (χ1) is 8.90. The normalized spacial score (nSPS) is 12.0. The number of rotatable bonds is 6. The first-order valence-electron chi connectivity index (χ1n) is 6.29. The predicted octanol–water partition coefficient (Wildman–Crippen LogP) is 3.77. The molecular weight excluding hydrogens is 308 g/mol. The molecule has 0 aliphatic heterocycles. The largest absolute Gasteiger partial charge is 0.466 e. The zero-order chi connectivity index (χ0) is 14.4. The summed E-state index contributed by atoms with van der Waals surface area (Å²) in [6.45, 7) is 5.35. The molecule has 0 N–H and O–H groups in total. The second-order valence-electron chi connectivity index (χ2n) is 4.74. The Bertz CT molecular complexity index is 468. The van der Waals surface area contributed by atoms with E-state index in [9.17, 15) is 9.59 Å². The van der Waals surface area contributed by atoms with Crippen molar-refractivity contribution in [3.63, 3.8) is 0 Å². The zero-order valence-electron chi connectivity index (χ0n) is 11.5. The van der Waals surface area contributed by atoms with Crippen LogP contribution in [0.4, 0.5) is 0 Å². The van der Waals surface area contributed by atoms with Crippen molar-refractivity contribution in [2.24, 2.45) is 0 Å². The minimum atomic E-state index is -0.284. The van der Waals surface area contributed by atoms with Crippen molar-refractivity contribution < 1.29 is 14.3 Å². The van der Waals surface area contributed by atoms with Crippen LogP contribution < -0.4 is 0 Å². The number of halogens is 1. The fraction of sp³-hybridized carbons (Fsp3) is 0.467. The molecule has 3 nitrogen and oxygen atoms in total. The van der Waals surface area contributed by atoms with Gasteiger partial charge in [0.25, 0.3) is 0 Å². The molecule has 1 unspecified atom stereocenters. The fourth-order valence-corrected chi connectivity index (χ4v) is 2.25. The first-order valence-corrected chi connectivity index (χ1v) is 7.08. The SMILES string of the molecule is CC(=O)CC(CCOC(C)=O)c1ccc(Br)c(C)c1. The standard InChI is InChI=1S/C15H19BrO3/c1-10-8-13(4-5-15(10)16)14(9-11(2)17)6-7-19-12(3)18/h4-5,8,14H,6-7,9H2,1-3H3. The molecule has 0 saturated carbocycles. The van der Waals surface area contributed by atoms with Crippen LogP contribution in [0.5, 0.6) is 0 Å². The van der Waals surface area contributed by atoms with Crippen LogP contribution in [0, 0.1) is 6.92 Å². The second-order valence-corrected chi connectivity index (χ2v) is 5.59. The van der Waals surface area contributed by atoms with Crippen molar-refractivity contribution in [2.75, 3.05) is 6.61 Å². The first kappa shape index (κ1) is 15.9. The van der Waals surface area contributed by atoms with Crippen molar-refractivity contribution in [3.05, 3.63) is 33.8 Å². The molecule has 4 heteroatoms. The summed E-state index contributed by atoms with van der Waals surface area (Å²) in [5.41, 5.74) is 2.25. The number of benzene rings is 1. The van der Waals surface area contributed by atoms with Crippen molar-refractivity contribution in [1.29, 1.82) is 0 Å². The van der Waals surface area contributed by atoms with Crippen LogP contribution >= 0.6 is 15.9 Å². The van der Waals surface area contributed by atoms with Gasteiger partial charge in [-0.3, -0.25) is 4.79 Å². The number of hydrogen-bond donors (Lipinski definition) is 0. The number of carbonyl (C=O) groups is 2. The summed E-state index contributed by atoms with van der Waals surface area (Å²) in [4.78, 5) is 22.1. The Morgan fingerprint density at radius 3 is 2.53 bits per heavy atom.